The minimum absolute atomic E-state index is 0.0235. The average molecular weight is 702 g/mol. The van der Waals surface area contributed by atoms with E-state index in [4.69, 9.17) is 9.47 Å². The van der Waals surface area contributed by atoms with Crippen LogP contribution in [0.4, 0.5) is 9.59 Å². The zero-order valence-corrected chi connectivity index (χ0v) is 29.8. The van der Waals surface area contributed by atoms with Gasteiger partial charge in [-0.15, -0.1) is 11.3 Å². The molecule has 266 valence electrons. The van der Waals surface area contributed by atoms with Gasteiger partial charge < -0.3 is 30.5 Å². The van der Waals surface area contributed by atoms with Crippen LogP contribution in [0, 0.1) is 5.92 Å². The van der Waals surface area contributed by atoms with Gasteiger partial charge in [0.05, 0.1) is 22.0 Å². The molecule has 0 aliphatic heterocycles. The van der Waals surface area contributed by atoms with E-state index in [1.165, 1.54) is 11.3 Å². The second-order valence-corrected chi connectivity index (χ2v) is 14.0. The Balaban J connectivity index is 1.45. The van der Waals surface area contributed by atoms with Crippen molar-refractivity contribution in [3.8, 4) is 0 Å². The molecule has 4 rings (SSSR count). The standard InChI is InChI=1S/C38H47N5O6S/c1-25(2)34(43-38(47)49-24-31-22-40-36(50-31)26(3)4)35(45)41-30(18-27-12-7-5-8-13-27)20-33(44)32(19-28-14-9-6-10-15-28)42-37(46)48-23-29-16-11-17-39-21-29/h5-17,21-22,25-26,30,32-34,44H,18-20,23-24H2,1-4H3,(H,41,45)(H,42,46)(H,43,47)/t30-,32-,33-,34?/m0/s1. The Kier molecular flexibility index (Phi) is 14.7. The van der Waals surface area contributed by atoms with Crippen molar-refractivity contribution < 1.29 is 29.0 Å². The lowest BCUT2D eigenvalue weighted by atomic mass is 9.93. The van der Waals surface area contributed by atoms with Gasteiger partial charge in [-0.25, -0.2) is 14.6 Å². The van der Waals surface area contributed by atoms with Crippen LogP contribution in [0.3, 0.4) is 0 Å². The minimum Gasteiger partial charge on any atom is -0.445 e. The average Bonchev–Trinajstić information content (AvgIpc) is 3.59. The highest BCUT2D eigenvalue weighted by molar-refractivity contribution is 7.11. The fraction of sp³-hybridized carbons (Fsp3) is 0.395. The number of aliphatic hydroxyl groups excluding tert-OH is 1. The van der Waals surface area contributed by atoms with E-state index in [0.717, 1.165) is 26.6 Å². The van der Waals surface area contributed by atoms with Gasteiger partial charge in [0.1, 0.15) is 19.3 Å². The Morgan fingerprint density at radius 1 is 0.760 bits per heavy atom. The molecule has 0 saturated carbocycles. The van der Waals surface area contributed by atoms with E-state index in [9.17, 15) is 19.5 Å². The van der Waals surface area contributed by atoms with Gasteiger partial charge >= 0.3 is 12.2 Å². The first-order valence-corrected chi connectivity index (χ1v) is 17.6. The van der Waals surface area contributed by atoms with Gasteiger partial charge in [0.2, 0.25) is 5.91 Å². The maximum atomic E-state index is 13.7. The van der Waals surface area contributed by atoms with E-state index in [0.29, 0.717) is 12.8 Å². The van der Waals surface area contributed by atoms with E-state index in [2.05, 4.69) is 25.9 Å². The molecule has 2 aromatic carbocycles. The Hall–Kier alpha value is -4.81. The van der Waals surface area contributed by atoms with Crippen molar-refractivity contribution >= 4 is 29.4 Å². The Labute approximate surface area is 297 Å². The molecule has 0 bridgehead atoms. The minimum atomic E-state index is -1.07. The summed E-state index contributed by atoms with van der Waals surface area (Å²) in [7, 11) is 0. The molecule has 0 radical (unpaired) electrons. The quantitative estimate of drug-likeness (QED) is 0.106. The molecular formula is C38H47N5O6S. The number of nitrogens with zero attached hydrogens (tertiary/aromatic N) is 2. The van der Waals surface area contributed by atoms with Crippen molar-refractivity contribution in [1.29, 1.82) is 0 Å². The Morgan fingerprint density at radius 2 is 1.38 bits per heavy atom. The first-order chi connectivity index (χ1) is 24.1. The Morgan fingerprint density at radius 3 is 1.98 bits per heavy atom. The van der Waals surface area contributed by atoms with Crippen LogP contribution >= 0.6 is 11.3 Å². The lowest BCUT2D eigenvalue weighted by Crippen LogP contribution is -2.54. The molecule has 4 aromatic rings. The van der Waals surface area contributed by atoms with Gasteiger partial charge in [-0.05, 0) is 42.4 Å². The SMILES string of the molecule is CC(C)c1ncc(COC(=O)NC(C(=O)N[C@@H](Cc2ccccc2)C[C@H](O)[C@H](Cc2ccccc2)NC(=O)OCc2cccnc2)C(C)C)s1. The number of hydrogen-bond donors (Lipinski definition) is 4. The summed E-state index contributed by atoms with van der Waals surface area (Å²) in [4.78, 5) is 48.7. The van der Waals surface area contributed by atoms with Crippen molar-refractivity contribution in [2.45, 2.75) is 90.3 Å². The summed E-state index contributed by atoms with van der Waals surface area (Å²) in [5, 5.41) is 21.2. The monoisotopic (exact) mass is 701 g/mol. The van der Waals surface area contributed by atoms with E-state index in [-0.39, 0.29) is 31.5 Å². The number of rotatable bonds is 17. The third-order valence-corrected chi connectivity index (χ3v) is 9.26. The molecule has 0 aliphatic carbocycles. The van der Waals surface area contributed by atoms with Crippen LogP contribution in [0.15, 0.2) is 91.4 Å². The van der Waals surface area contributed by atoms with Crippen molar-refractivity contribution in [2.24, 2.45) is 5.92 Å². The van der Waals surface area contributed by atoms with Crippen molar-refractivity contribution in [3.05, 3.63) is 118 Å². The smallest absolute Gasteiger partial charge is 0.408 e. The number of ether oxygens (including phenoxy) is 2. The molecule has 50 heavy (non-hydrogen) atoms. The van der Waals surface area contributed by atoms with Crippen molar-refractivity contribution in [3.63, 3.8) is 0 Å². The molecule has 11 nitrogen and oxygen atoms in total. The van der Waals surface area contributed by atoms with Crippen LogP contribution in [0.5, 0.6) is 0 Å². The molecule has 2 aromatic heterocycles. The van der Waals surface area contributed by atoms with Gasteiger partial charge in [0.25, 0.3) is 0 Å². The fourth-order valence-corrected chi connectivity index (χ4v) is 6.14. The molecule has 3 amide bonds. The van der Waals surface area contributed by atoms with E-state index in [1.54, 1.807) is 30.7 Å². The number of amides is 3. The summed E-state index contributed by atoms with van der Waals surface area (Å²) in [6, 6.07) is 20.5. The summed E-state index contributed by atoms with van der Waals surface area (Å²) in [6.07, 6.45) is 3.33. The van der Waals surface area contributed by atoms with Crippen LogP contribution in [-0.4, -0.2) is 57.4 Å². The summed E-state index contributed by atoms with van der Waals surface area (Å²) >= 11 is 1.48. The first-order valence-electron chi connectivity index (χ1n) is 16.8. The summed E-state index contributed by atoms with van der Waals surface area (Å²) in [5.74, 6) is -0.397. The van der Waals surface area contributed by atoms with E-state index in [1.807, 2.05) is 88.4 Å². The normalized spacial score (nSPS) is 13.6. The summed E-state index contributed by atoms with van der Waals surface area (Å²) in [6.45, 7) is 7.83. The molecular weight excluding hydrogens is 655 g/mol. The zero-order valence-electron chi connectivity index (χ0n) is 29.0. The third-order valence-electron chi connectivity index (χ3n) is 7.99. The van der Waals surface area contributed by atoms with Crippen LogP contribution in [0.1, 0.15) is 66.6 Å². The largest absolute Gasteiger partial charge is 0.445 e. The van der Waals surface area contributed by atoms with Crippen LogP contribution in [0.25, 0.3) is 0 Å². The lowest BCUT2D eigenvalue weighted by Gasteiger charge is -2.30. The number of aromatic nitrogens is 2. The number of benzene rings is 2. The summed E-state index contributed by atoms with van der Waals surface area (Å²) < 4.78 is 10.9. The molecule has 12 heteroatoms. The third kappa shape index (κ3) is 12.6. The van der Waals surface area contributed by atoms with E-state index >= 15 is 0 Å². The number of thiazole rings is 1. The van der Waals surface area contributed by atoms with Crippen molar-refractivity contribution in [1.82, 2.24) is 25.9 Å². The maximum Gasteiger partial charge on any atom is 0.408 e. The van der Waals surface area contributed by atoms with Crippen LogP contribution < -0.4 is 16.0 Å². The molecule has 2 heterocycles. The van der Waals surface area contributed by atoms with Gasteiger partial charge in [-0.1, -0.05) is 94.4 Å². The topological polar surface area (TPSA) is 152 Å². The van der Waals surface area contributed by atoms with Gasteiger partial charge in [-0.3, -0.25) is 9.78 Å². The number of carbonyl (C=O) groups excluding carboxylic acids is 3. The van der Waals surface area contributed by atoms with Gasteiger partial charge in [-0.2, -0.15) is 0 Å². The molecule has 0 aliphatic rings. The summed E-state index contributed by atoms with van der Waals surface area (Å²) in [5.41, 5.74) is 2.59. The second kappa shape index (κ2) is 19.4. The van der Waals surface area contributed by atoms with Crippen LogP contribution in [-0.2, 0) is 40.3 Å². The molecule has 1 unspecified atom stereocenters. The highest BCUT2D eigenvalue weighted by Crippen LogP contribution is 2.22. The molecule has 4 N–H and O–H groups in total. The molecule has 0 saturated heterocycles. The second-order valence-electron chi connectivity index (χ2n) is 12.8. The Bertz CT molecular complexity index is 1620. The highest BCUT2D eigenvalue weighted by Gasteiger charge is 2.30. The number of alkyl carbamates (subject to hydrolysis) is 2. The maximum absolute atomic E-state index is 13.7. The number of aliphatic hydroxyl groups is 1. The zero-order chi connectivity index (χ0) is 35.9. The number of hydrogen-bond acceptors (Lipinski definition) is 9. The molecule has 0 fully saturated rings. The fourth-order valence-electron chi connectivity index (χ4n) is 5.31. The number of carbonyl (C=O) groups is 3. The van der Waals surface area contributed by atoms with Crippen molar-refractivity contribution in [2.75, 3.05) is 0 Å². The number of nitrogens with one attached hydrogen (secondary N) is 3. The first kappa shape index (κ1) is 38.0. The highest BCUT2D eigenvalue weighted by atomic mass is 32.1. The van der Waals surface area contributed by atoms with Crippen LogP contribution in [0.2, 0.25) is 0 Å². The van der Waals surface area contributed by atoms with Gasteiger partial charge in [0.15, 0.2) is 0 Å². The lowest BCUT2D eigenvalue weighted by molar-refractivity contribution is -0.125. The molecule has 0 spiro atoms. The molecule has 4 atom stereocenters. The number of pyridine rings is 1. The van der Waals surface area contributed by atoms with Gasteiger partial charge in [0, 0.05) is 36.1 Å². The van der Waals surface area contributed by atoms with E-state index < -0.39 is 42.3 Å². The predicted molar refractivity (Wildman–Crippen MR) is 192 cm³/mol. The predicted octanol–water partition coefficient (Wildman–Crippen LogP) is 5.93.